The minimum atomic E-state index is -0.731. The second-order valence-electron chi connectivity index (χ2n) is 5.81. The molecule has 2 aromatic carbocycles. The Morgan fingerprint density at radius 2 is 1.86 bits per heavy atom. The molecule has 0 atom stereocenters. The predicted octanol–water partition coefficient (Wildman–Crippen LogP) is 1.92. The number of ketones is 1. The molecule has 0 saturated carbocycles. The number of rotatable bonds is 8. The van der Waals surface area contributed by atoms with Crippen LogP contribution in [0.5, 0.6) is 11.5 Å². The summed E-state index contributed by atoms with van der Waals surface area (Å²) in [6.07, 6.45) is 0. The molecule has 0 unspecified atom stereocenters. The van der Waals surface area contributed by atoms with E-state index in [0.717, 1.165) is 10.9 Å². The Bertz CT molecular complexity index is 1040. The van der Waals surface area contributed by atoms with Crippen molar-refractivity contribution < 1.29 is 28.2 Å². The van der Waals surface area contributed by atoms with Gasteiger partial charge in [-0.05, 0) is 35.5 Å². The molecule has 0 fully saturated rings. The van der Waals surface area contributed by atoms with E-state index in [-0.39, 0.29) is 17.9 Å². The van der Waals surface area contributed by atoms with Gasteiger partial charge >= 0.3 is 5.97 Å². The SMILES string of the molecule is COc1ccc(-c2nnn(CC(=O)OCC(=O)c3cccc(F)c3)n2)cc1OC. The third-order valence-electron chi connectivity index (χ3n) is 3.88. The molecule has 0 radical (unpaired) electrons. The highest BCUT2D eigenvalue weighted by atomic mass is 19.1. The molecule has 3 aromatic rings. The minimum absolute atomic E-state index is 0.118. The van der Waals surface area contributed by atoms with Gasteiger partial charge < -0.3 is 14.2 Å². The smallest absolute Gasteiger partial charge is 0.330 e. The van der Waals surface area contributed by atoms with Gasteiger partial charge in [0, 0.05) is 11.1 Å². The Morgan fingerprint density at radius 3 is 2.59 bits per heavy atom. The van der Waals surface area contributed by atoms with Crippen LogP contribution in [0.4, 0.5) is 4.39 Å². The molecule has 0 aliphatic rings. The molecule has 0 aliphatic heterocycles. The molecular formula is C19H17FN4O5. The Hall–Kier alpha value is -3.82. The van der Waals surface area contributed by atoms with Crippen molar-refractivity contribution in [1.29, 1.82) is 0 Å². The highest BCUT2D eigenvalue weighted by Gasteiger charge is 2.14. The molecule has 0 spiro atoms. The summed E-state index contributed by atoms with van der Waals surface area (Å²) >= 11 is 0. The van der Waals surface area contributed by atoms with E-state index in [4.69, 9.17) is 14.2 Å². The summed E-state index contributed by atoms with van der Waals surface area (Å²) in [5.41, 5.74) is 0.732. The maximum absolute atomic E-state index is 13.1. The third kappa shape index (κ3) is 4.92. The van der Waals surface area contributed by atoms with Crippen molar-refractivity contribution in [2.24, 2.45) is 0 Å². The first-order chi connectivity index (χ1) is 14.0. The molecule has 150 valence electrons. The van der Waals surface area contributed by atoms with Gasteiger partial charge in [-0.2, -0.15) is 4.80 Å². The van der Waals surface area contributed by atoms with Gasteiger partial charge in [-0.25, -0.2) is 9.18 Å². The summed E-state index contributed by atoms with van der Waals surface area (Å²) < 4.78 is 28.5. The monoisotopic (exact) mass is 400 g/mol. The predicted molar refractivity (Wildman–Crippen MR) is 98.0 cm³/mol. The number of Topliss-reactive ketones (excluding diaryl/α,β-unsaturated/α-hetero) is 1. The van der Waals surface area contributed by atoms with E-state index in [1.54, 1.807) is 18.2 Å². The molecule has 0 bridgehead atoms. The number of tetrazole rings is 1. The van der Waals surface area contributed by atoms with Gasteiger partial charge in [-0.3, -0.25) is 4.79 Å². The summed E-state index contributed by atoms with van der Waals surface area (Å²) in [5.74, 6) is -0.473. The zero-order valence-electron chi connectivity index (χ0n) is 15.7. The molecule has 0 N–H and O–H groups in total. The number of nitrogens with zero attached hydrogens (tertiary/aromatic N) is 4. The number of aromatic nitrogens is 4. The van der Waals surface area contributed by atoms with Gasteiger partial charge in [0.15, 0.2) is 30.4 Å². The standard InChI is InChI=1S/C19H17FN4O5/c1-27-16-7-6-13(9-17(16)28-2)19-21-23-24(22-19)10-18(26)29-11-15(25)12-4-3-5-14(20)8-12/h3-9H,10-11H2,1-2H3. The van der Waals surface area contributed by atoms with Crippen LogP contribution >= 0.6 is 0 Å². The Kier molecular flexibility index (Phi) is 6.12. The Labute approximate surface area is 165 Å². The molecule has 9 nitrogen and oxygen atoms in total. The zero-order chi connectivity index (χ0) is 20.8. The number of halogens is 1. The van der Waals surface area contributed by atoms with E-state index < -0.39 is 24.2 Å². The van der Waals surface area contributed by atoms with Gasteiger partial charge in [-0.1, -0.05) is 12.1 Å². The van der Waals surface area contributed by atoms with Gasteiger partial charge in [-0.15, -0.1) is 10.2 Å². The van der Waals surface area contributed by atoms with Crippen molar-refractivity contribution in [3.8, 4) is 22.9 Å². The fourth-order valence-corrected chi connectivity index (χ4v) is 2.45. The lowest BCUT2D eigenvalue weighted by molar-refractivity contribution is -0.143. The largest absolute Gasteiger partial charge is 0.493 e. The number of benzene rings is 2. The molecule has 3 rings (SSSR count). The topological polar surface area (TPSA) is 105 Å². The second kappa shape index (κ2) is 8.91. The molecule has 0 saturated heterocycles. The van der Waals surface area contributed by atoms with E-state index in [1.807, 2.05) is 0 Å². The number of carbonyl (C=O) groups is 2. The van der Waals surface area contributed by atoms with Crippen LogP contribution in [-0.2, 0) is 16.1 Å². The van der Waals surface area contributed by atoms with Crippen LogP contribution in [0, 0.1) is 5.82 Å². The number of esters is 1. The first kappa shape index (κ1) is 19.9. The average Bonchev–Trinajstić information content (AvgIpc) is 3.19. The molecule has 10 heteroatoms. The van der Waals surface area contributed by atoms with Crippen LogP contribution in [0.25, 0.3) is 11.4 Å². The number of ether oxygens (including phenoxy) is 3. The maximum atomic E-state index is 13.1. The quantitative estimate of drug-likeness (QED) is 0.417. The van der Waals surface area contributed by atoms with Crippen LogP contribution < -0.4 is 9.47 Å². The minimum Gasteiger partial charge on any atom is -0.493 e. The highest BCUT2D eigenvalue weighted by Crippen LogP contribution is 2.30. The zero-order valence-corrected chi connectivity index (χ0v) is 15.7. The Balaban J connectivity index is 1.60. The lowest BCUT2D eigenvalue weighted by Gasteiger charge is -2.07. The van der Waals surface area contributed by atoms with Crippen molar-refractivity contribution in [1.82, 2.24) is 20.2 Å². The van der Waals surface area contributed by atoms with Gasteiger partial charge in [0.05, 0.1) is 14.2 Å². The normalized spacial score (nSPS) is 10.4. The molecule has 0 aliphatic carbocycles. The number of carbonyl (C=O) groups excluding carboxylic acids is 2. The highest BCUT2D eigenvalue weighted by molar-refractivity contribution is 5.97. The number of hydrogen-bond acceptors (Lipinski definition) is 8. The van der Waals surface area contributed by atoms with E-state index in [2.05, 4.69) is 15.4 Å². The van der Waals surface area contributed by atoms with Crippen molar-refractivity contribution in [3.63, 3.8) is 0 Å². The summed E-state index contributed by atoms with van der Waals surface area (Å²) in [7, 11) is 3.03. The van der Waals surface area contributed by atoms with Crippen molar-refractivity contribution in [2.75, 3.05) is 20.8 Å². The first-order valence-corrected chi connectivity index (χ1v) is 8.44. The lowest BCUT2D eigenvalue weighted by Crippen LogP contribution is -2.19. The van der Waals surface area contributed by atoms with Crippen molar-refractivity contribution in [2.45, 2.75) is 6.54 Å². The second-order valence-corrected chi connectivity index (χ2v) is 5.81. The summed E-state index contributed by atoms with van der Waals surface area (Å²) in [5, 5.41) is 11.8. The van der Waals surface area contributed by atoms with Crippen molar-refractivity contribution >= 4 is 11.8 Å². The lowest BCUT2D eigenvalue weighted by atomic mass is 10.1. The fraction of sp³-hybridized carbons (Fsp3) is 0.211. The first-order valence-electron chi connectivity index (χ1n) is 8.44. The van der Waals surface area contributed by atoms with Crippen LogP contribution in [0.1, 0.15) is 10.4 Å². The molecule has 29 heavy (non-hydrogen) atoms. The fourth-order valence-electron chi connectivity index (χ4n) is 2.45. The molecule has 1 heterocycles. The third-order valence-corrected chi connectivity index (χ3v) is 3.88. The van der Waals surface area contributed by atoms with Crippen molar-refractivity contribution in [3.05, 3.63) is 53.8 Å². The van der Waals surface area contributed by atoms with Crippen LogP contribution in [0.15, 0.2) is 42.5 Å². The Morgan fingerprint density at radius 1 is 1.07 bits per heavy atom. The van der Waals surface area contributed by atoms with E-state index in [1.165, 1.54) is 32.4 Å². The van der Waals surface area contributed by atoms with E-state index in [0.29, 0.717) is 17.1 Å². The van der Waals surface area contributed by atoms with E-state index in [9.17, 15) is 14.0 Å². The molecule has 1 aromatic heterocycles. The molecule has 0 amide bonds. The number of methoxy groups -OCH3 is 2. The summed E-state index contributed by atoms with van der Waals surface area (Å²) in [6, 6.07) is 10.2. The number of hydrogen-bond donors (Lipinski definition) is 0. The van der Waals surface area contributed by atoms with Gasteiger partial charge in [0.1, 0.15) is 5.82 Å². The van der Waals surface area contributed by atoms with Gasteiger partial charge in [0.25, 0.3) is 0 Å². The molecular weight excluding hydrogens is 383 g/mol. The van der Waals surface area contributed by atoms with Crippen LogP contribution in [-0.4, -0.2) is 52.8 Å². The summed E-state index contributed by atoms with van der Waals surface area (Å²) in [4.78, 5) is 24.9. The average molecular weight is 400 g/mol. The summed E-state index contributed by atoms with van der Waals surface area (Å²) in [6.45, 7) is -0.851. The van der Waals surface area contributed by atoms with Crippen LogP contribution in [0.3, 0.4) is 0 Å². The van der Waals surface area contributed by atoms with E-state index >= 15 is 0 Å². The van der Waals surface area contributed by atoms with Gasteiger partial charge in [0.2, 0.25) is 5.82 Å². The van der Waals surface area contributed by atoms with Crippen LogP contribution in [0.2, 0.25) is 0 Å². The maximum Gasteiger partial charge on any atom is 0.330 e.